The average Bonchev–Trinajstić information content (AvgIpc) is 2.91. The molecule has 9 heteroatoms. The third kappa shape index (κ3) is 3.73. The Balaban J connectivity index is 1.91. The van der Waals surface area contributed by atoms with Crippen LogP contribution in [0.15, 0.2) is 29.2 Å². The zero-order valence-corrected chi connectivity index (χ0v) is 15.8. The molecule has 0 saturated heterocycles. The number of primary amides is 1. The van der Waals surface area contributed by atoms with Crippen LogP contribution in [0.5, 0.6) is 0 Å². The van der Waals surface area contributed by atoms with Gasteiger partial charge in [-0.25, -0.2) is 8.42 Å². The summed E-state index contributed by atoms with van der Waals surface area (Å²) in [4.78, 5) is 24.0. The molecule has 0 saturated carbocycles. The van der Waals surface area contributed by atoms with Crippen LogP contribution in [0.1, 0.15) is 40.6 Å². The smallest absolute Gasteiger partial charge is 0.262 e. The van der Waals surface area contributed by atoms with Crippen LogP contribution >= 0.6 is 11.3 Å². The van der Waals surface area contributed by atoms with Gasteiger partial charge in [0.25, 0.3) is 15.9 Å². The van der Waals surface area contributed by atoms with Gasteiger partial charge in [0.05, 0.1) is 10.5 Å². The van der Waals surface area contributed by atoms with Gasteiger partial charge in [-0.2, -0.15) is 0 Å². The number of thiophene rings is 1. The number of sulfonamides is 1. The van der Waals surface area contributed by atoms with Gasteiger partial charge in [0.15, 0.2) is 0 Å². The average molecular weight is 393 g/mol. The second-order valence-electron chi connectivity index (χ2n) is 6.09. The lowest BCUT2D eigenvalue weighted by molar-refractivity contribution is -0.114. The van der Waals surface area contributed by atoms with E-state index in [0.717, 1.165) is 36.1 Å². The van der Waals surface area contributed by atoms with E-state index in [1.54, 1.807) is 0 Å². The molecular formula is C17H19N3O4S2. The highest BCUT2D eigenvalue weighted by Gasteiger charge is 2.27. The molecule has 2 aromatic rings. The van der Waals surface area contributed by atoms with E-state index in [1.807, 2.05) is 0 Å². The summed E-state index contributed by atoms with van der Waals surface area (Å²) in [6, 6.07) is 5.80. The van der Waals surface area contributed by atoms with Crippen LogP contribution in [0.4, 0.5) is 10.7 Å². The summed E-state index contributed by atoms with van der Waals surface area (Å²) < 4.78 is 27.9. The predicted octanol–water partition coefficient (Wildman–Crippen LogP) is 2.49. The molecule has 0 aliphatic heterocycles. The first-order chi connectivity index (χ1) is 12.3. The first-order valence-corrected chi connectivity index (χ1v) is 10.4. The number of aryl methyl sites for hydroxylation is 1. The monoisotopic (exact) mass is 393 g/mol. The third-order valence-electron chi connectivity index (χ3n) is 4.13. The Labute approximate surface area is 155 Å². The highest BCUT2D eigenvalue weighted by Crippen LogP contribution is 2.38. The number of rotatable bonds is 5. The van der Waals surface area contributed by atoms with Crippen molar-refractivity contribution >= 4 is 43.9 Å². The fourth-order valence-corrected chi connectivity index (χ4v) is 5.60. The Morgan fingerprint density at radius 1 is 1.12 bits per heavy atom. The molecule has 26 heavy (non-hydrogen) atoms. The molecule has 3 rings (SSSR count). The maximum Gasteiger partial charge on any atom is 0.262 e. The summed E-state index contributed by atoms with van der Waals surface area (Å²) in [6.07, 6.45) is 3.54. The largest absolute Gasteiger partial charge is 0.365 e. The van der Waals surface area contributed by atoms with E-state index in [2.05, 4.69) is 10.0 Å². The molecule has 7 nitrogen and oxygen atoms in total. The molecule has 0 bridgehead atoms. The van der Waals surface area contributed by atoms with Crippen LogP contribution in [0, 0.1) is 0 Å². The molecule has 0 fully saturated rings. The van der Waals surface area contributed by atoms with Crippen LogP contribution in [0.25, 0.3) is 0 Å². The van der Waals surface area contributed by atoms with E-state index < -0.39 is 15.9 Å². The molecule has 0 atom stereocenters. The van der Waals surface area contributed by atoms with E-state index in [-0.39, 0.29) is 21.4 Å². The van der Waals surface area contributed by atoms with Crippen molar-refractivity contribution in [3.63, 3.8) is 0 Å². The maximum absolute atomic E-state index is 12.7. The van der Waals surface area contributed by atoms with Crippen LogP contribution < -0.4 is 15.8 Å². The minimum Gasteiger partial charge on any atom is -0.365 e. The first-order valence-electron chi connectivity index (χ1n) is 8.13. The predicted molar refractivity (Wildman–Crippen MR) is 101 cm³/mol. The highest BCUT2D eigenvalue weighted by atomic mass is 32.2. The van der Waals surface area contributed by atoms with Gasteiger partial charge in [-0.05, 0) is 55.5 Å². The quantitative estimate of drug-likeness (QED) is 0.723. The van der Waals surface area contributed by atoms with Gasteiger partial charge in [0.2, 0.25) is 5.91 Å². The fourth-order valence-electron chi connectivity index (χ4n) is 3.00. The van der Waals surface area contributed by atoms with E-state index in [9.17, 15) is 18.0 Å². The SMILES string of the molecule is CC(=O)Nc1ccc(S(=O)(=O)Nc2sc3c(c2C(N)=O)CCCC3)cc1. The fraction of sp³-hybridized carbons (Fsp3) is 0.294. The minimum absolute atomic E-state index is 0.0356. The lowest BCUT2D eigenvalue weighted by atomic mass is 9.95. The van der Waals surface area contributed by atoms with E-state index in [1.165, 1.54) is 42.5 Å². The summed E-state index contributed by atoms with van der Waals surface area (Å²) >= 11 is 1.28. The molecule has 1 aromatic carbocycles. The zero-order valence-electron chi connectivity index (χ0n) is 14.2. The van der Waals surface area contributed by atoms with Gasteiger partial charge in [-0.3, -0.25) is 14.3 Å². The summed E-state index contributed by atoms with van der Waals surface area (Å²) in [5.41, 5.74) is 7.15. The van der Waals surface area contributed by atoms with Gasteiger partial charge in [0, 0.05) is 17.5 Å². The van der Waals surface area contributed by atoms with Crippen molar-refractivity contribution in [3.05, 3.63) is 40.3 Å². The second-order valence-corrected chi connectivity index (χ2v) is 8.88. The molecule has 0 spiro atoms. The Morgan fingerprint density at radius 2 is 1.77 bits per heavy atom. The van der Waals surface area contributed by atoms with Crippen molar-refractivity contribution in [1.82, 2.24) is 0 Å². The molecule has 2 amide bonds. The van der Waals surface area contributed by atoms with Crippen molar-refractivity contribution in [1.29, 1.82) is 0 Å². The molecule has 1 aromatic heterocycles. The van der Waals surface area contributed by atoms with Crippen molar-refractivity contribution in [2.45, 2.75) is 37.5 Å². The molecule has 0 radical (unpaired) electrons. The second kappa shape index (κ2) is 7.08. The maximum atomic E-state index is 12.7. The van der Waals surface area contributed by atoms with E-state index in [4.69, 9.17) is 5.73 Å². The third-order valence-corrected chi connectivity index (χ3v) is 6.83. The lowest BCUT2D eigenvalue weighted by Crippen LogP contribution is -2.19. The highest BCUT2D eigenvalue weighted by molar-refractivity contribution is 7.93. The molecule has 4 N–H and O–H groups in total. The number of benzene rings is 1. The number of hydrogen-bond donors (Lipinski definition) is 3. The number of nitrogens with one attached hydrogen (secondary N) is 2. The number of hydrogen-bond acceptors (Lipinski definition) is 5. The first kappa shape index (κ1) is 18.4. The van der Waals surface area contributed by atoms with Crippen LogP contribution in [0.3, 0.4) is 0 Å². The Kier molecular flexibility index (Phi) is 5.01. The van der Waals surface area contributed by atoms with Crippen molar-refractivity contribution in [2.75, 3.05) is 10.0 Å². The number of fused-ring (bicyclic) bond motifs is 1. The molecule has 0 unspecified atom stereocenters. The summed E-state index contributed by atoms with van der Waals surface area (Å²) in [5.74, 6) is -0.864. The van der Waals surface area contributed by atoms with Crippen LogP contribution in [0.2, 0.25) is 0 Å². The summed E-state index contributed by atoms with van der Waals surface area (Å²) in [5, 5.41) is 2.85. The van der Waals surface area contributed by atoms with Gasteiger partial charge in [-0.1, -0.05) is 0 Å². The van der Waals surface area contributed by atoms with E-state index in [0.29, 0.717) is 5.69 Å². The van der Waals surface area contributed by atoms with Gasteiger partial charge in [-0.15, -0.1) is 11.3 Å². The number of amides is 2. The Hall–Kier alpha value is -2.39. The number of carbonyl (C=O) groups is 2. The summed E-state index contributed by atoms with van der Waals surface area (Å²) in [6.45, 7) is 1.37. The number of carbonyl (C=O) groups excluding carboxylic acids is 2. The lowest BCUT2D eigenvalue weighted by Gasteiger charge is -2.11. The topological polar surface area (TPSA) is 118 Å². The Bertz CT molecular complexity index is 963. The van der Waals surface area contributed by atoms with Gasteiger partial charge in [0.1, 0.15) is 5.00 Å². The van der Waals surface area contributed by atoms with Gasteiger partial charge >= 0.3 is 0 Å². The molecule has 1 heterocycles. The zero-order chi connectivity index (χ0) is 18.9. The normalized spacial score (nSPS) is 13.7. The molecule has 1 aliphatic carbocycles. The van der Waals surface area contributed by atoms with Crippen molar-refractivity contribution in [2.24, 2.45) is 5.73 Å². The minimum atomic E-state index is -3.87. The molecule has 138 valence electrons. The van der Waals surface area contributed by atoms with Crippen LogP contribution in [-0.4, -0.2) is 20.2 Å². The molecule has 1 aliphatic rings. The van der Waals surface area contributed by atoms with Crippen LogP contribution in [-0.2, 0) is 27.7 Å². The number of anilines is 2. The van der Waals surface area contributed by atoms with Gasteiger partial charge < -0.3 is 11.1 Å². The molecular weight excluding hydrogens is 374 g/mol. The Morgan fingerprint density at radius 3 is 2.38 bits per heavy atom. The summed E-state index contributed by atoms with van der Waals surface area (Å²) in [7, 11) is -3.87. The van der Waals surface area contributed by atoms with E-state index >= 15 is 0 Å². The number of nitrogens with two attached hydrogens (primary N) is 1. The van der Waals surface area contributed by atoms with Crippen molar-refractivity contribution < 1.29 is 18.0 Å². The van der Waals surface area contributed by atoms with Crippen molar-refractivity contribution in [3.8, 4) is 0 Å². The standard InChI is InChI=1S/C17H19N3O4S2/c1-10(21)19-11-6-8-12(9-7-11)26(23,24)20-17-15(16(18)22)13-4-2-3-5-14(13)25-17/h6-9,20H,2-5H2,1H3,(H2,18,22)(H,19,21).